The minimum atomic E-state index is -1.75. The zero-order valence-electron chi connectivity index (χ0n) is 5.43. The van der Waals surface area contributed by atoms with E-state index in [9.17, 15) is 0 Å². The molecule has 0 saturated heterocycles. The van der Waals surface area contributed by atoms with Crippen molar-refractivity contribution in [3.05, 3.63) is 33.7 Å². The van der Waals surface area contributed by atoms with Gasteiger partial charge < -0.3 is 21.1 Å². The van der Waals surface area contributed by atoms with Crippen LogP contribution in [0.5, 0.6) is 0 Å². The van der Waals surface area contributed by atoms with Gasteiger partial charge in [0.05, 0.1) is 5.09 Å². The van der Waals surface area contributed by atoms with E-state index >= 15 is 0 Å². The van der Waals surface area contributed by atoms with Gasteiger partial charge in [0.15, 0.2) is 12.0 Å². The fraction of sp³-hybridized carbons (Fsp3) is 0. The average Bonchev–Trinajstić information content (AvgIpc) is 1.87. The van der Waals surface area contributed by atoms with Gasteiger partial charge in [0, 0.05) is 11.2 Å². The van der Waals surface area contributed by atoms with E-state index in [2.05, 4.69) is 10.2 Å². The fourth-order valence-electron chi connectivity index (χ4n) is 0.339. The van der Waals surface area contributed by atoms with Gasteiger partial charge in [-0.2, -0.15) is 0 Å². The van der Waals surface area contributed by atoms with Gasteiger partial charge in [-0.15, -0.1) is 5.10 Å². The Bertz CT molecular complexity index is 210. The van der Waals surface area contributed by atoms with Gasteiger partial charge >= 0.3 is 0 Å². The van der Waals surface area contributed by atoms with Crippen LogP contribution in [0, 0.1) is 15.3 Å². The summed E-state index contributed by atoms with van der Waals surface area (Å²) in [4.78, 5) is 8.25. The van der Waals surface area contributed by atoms with Gasteiger partial charge in [0.25, 0.3) is 0 Å². The predicted molar refractivity (Wildman–Crippen MR) is 35.6 cm³/mol. The van der Waals surface area contributed by atoms with Crippen LogP contribution in [0.15, 0.2) is 18.3 Å². The smallest absolute Gasteiger partial charge is 0.193 e. The molecule has 1 aromatic rings. The maximum Gasteiger partial charge on any atom is 0.193 e. The van der Waals surface area contributed by atoms with E-state index in [-0.39, 0.29) is 0 Å². The molecular weight excluding hydrogens is 152 g/mol. The van der Waals surface area contributed by atoms with Gasteiger partial charge in [-0.3, -0.25) is 0 Å². The monoisotopic (exact) mass is 158 g/mol. The third-order valence-corrected chi connectivity index (χ3v) is 0.631. The van der Waals surface area contributed by atoms with Crippen LogP contribution in [0.2, 0.25) is 0 Å². The van der Waals surface area contributed by atoms with Crippen molar-refractivity contribution >= 4 is 5.82 Å². The Morgan fingerprint density at radius 1 is 1.64 bits per heavy atom. The lowest BCUT2D eigenvalue weighted by atomic mass is 10.6. The van der Waals surface area contributed by atoms with E-state index < -0.39 is 5.09 Å². The number of nitrogens with zero attached hydrogens (tertiary/aromatic N) is 2. The van der Waals surface area contributed by atoms with E-state index in [1.807, 2.05) is 0 Å². The first-order valence-electron chi connectivity index (χ1n) is 2.53. The highest BCUT2D eigenvalue weighted by molar-refractivity contribution is 5.21. The van der Waals surface area contributed by atoms with Crippen LogP contribution in [0.3, 0.4) is 0 Å². The molecule has 7 nitrogen and oxygen atoms in total. The zero-order chi connectivity index (χ0) is 8.69. The number of rotatable bonds is 0. The SMILES string of the molecule is Nc1ccc[nH+]n1.O=[N+]([O-])[O-]. The maximum absolute atomic E-state index is 8.25. The molecule has 0 saturated carbocycles. The minimum absolute atomic E-state index is 0.516. The molecule has 0 radical (unpaired) electrons. The van der Waals surface area contributed by atoms with E-state index in [0.717, 1.165) is 0 Å². The van der Waals surface area contributed by atoms with Crippen molar-refractivity contribution in [2.75, 3.05) is 5.73 Å². The highest BCUT2D eigenvalue weighted by atomic mass is 16.9. The Hall–Kier alpha value is -1.92. The normalized spacial score (nSPS) is 7.64. The number of H-pyrrole nitrogens is 1. The molecule has 1 aromatic heterocycles. The van der Waals surface area contributed by atoms with Crippen molar-refractivity contribution in [2.24, 2.45) is 0 Å². The van der Waals surface area contributed by atoms with Crippen molar-refractivity contribution in [2.45, 2.75) is 0 Å². The van der Waals surface area contributed by atoms with Gasteiger partial charge in [-0.1, -0.05) is 0 Å². The fourth-order valence-corrected chi connectivity index (χ4v) is 0.339. The average molecular weight is 158 g/mol. The molecule has 0 unspecified atom stereocenters. The summed E-state index contributed by atoms with van der Waals surface area (Å²) < 4.78 is 0. The van der Waals surface area contributed by atoms with Gasteiger partial charge in [0.1, 0.15) is 0 Å². The third kappa shape index (κ3) is 8.08. The summed E-state index contributed by atoms with van der Waals surface area (Å²) in [5.74, 6) is 0.516. The standard InChI is InChI=1S/C4H5N3.NO3/c5-4-2-1-3-6-7-4;2-1(3)4/h1-3H,(H2,5,7);/q;-1/p+1. The number of aromatic amines is 1. The Kier molecular flexibility index (Phi) is 4.06. The summed E-state index contributed by atoms with van der Waals surface area (Å²) in [6, 6.07) is 3.51. The molecule has 0 aliphatic carbocycles. The molecule has 0 aliphatic rings. The summed E-state index contributed by atoms with van der Waals surface area (Å²) in [6.45, 7) is 0. The number of hydrogen-bond donors (Lipinski definition) is 1. The van der Waals surface area contributed by atoms with E-state index in [0.29, 0.717) is 5.82 Å². The number of nitrogens with one attached hydrogen (secondary N) is 1. The van der Waals surface area contributed by atoms with Crippen molar-refractivity contribution < 1.29 is 10.2 Å². The highest BCUT2D eigenvalue weighted by Gasteiger charge is 1.81. The first-order chi connectivity index (χ1) is 5.13. The number of anilines is 1. The molecule has 0 spiro atoms. The topological polar surface area (TPSA) is 119 Å². The largest absolute Gasteiger partial charge is 0.379 e. The van der Waals surface area contributed by atoms with E-state index in [1.54, 1.807) is 18.3 Å². The van der Waals surface area contributed by atoms with Crippen LogP contribution in [-0.2, 0) is 0 Å². The lowest BCUT2D eigenvalue weighted by Gasteiger charge is -1.75. The second-order valence-corrected chi connectivity index (χ2v) is 1.42. The second-order valence-electron chi connectivity index (χ2n) is 1.42. The lowest BCUT2D eigenvalue weighted by molar-refractivity contribution is -0.453. The van der Waals surface area contributed by atoms with Crippen molar-refractivity contribution in [1.29, 1.82) is 0 Å². The Morgan fingerprint density at radius 2 is 2.18 bits per heavy atom. The van der Waals surface area contributed by atoms with Gasteiger partial charge in [0.2, 0.25) is 0 Å². The number of hydrogen-bond acceptors (Lipinski definition) is 5. The maximum atomic E-state index is 8.25. The Morgan fingerprint density at radius 3 is 2.36 bits per heavy atom. The van der Waals surface area contributed by atoms with E-state index in [1.165, 1.54) is 0 Å². The molecule has 0 bridgehead atoms. The number of nitrogens with two attached hydrogens (primary N) is 1. The summed E-state index contributed by atoms with van der Waals surface area (Å²) in [5.41, 5.74) is 5.22. The summed E-state index contributed by atoms with van der Waals surface area (Å²) in [5, 5.41) is 21.0. The summed E-state index contributed by atoms with van der Waals surface area (Å²) >= 11 is 0. The Labute approximate surface area is 61.6 Å². The first-order valence-corrected chi connectivity index (χ1v) is 2.53. The molecule has 1 heterocycles. The van der Waals surface area contributed by atoms with E-state index in [4.69, 9.17) is 21.1 Å². The zero-order valence-corrected chi connectivity index (χ0v) is 5.43. The molecule has 0 fully saturated rings. The van der Waals surface area contributed by atoms with Gasteiger partial charge in [-0.05, 0) is 6.07 Å². The number of nitrogen functional groups attached to an aromatic ring is 1. The highest BCUT2D eigenvalue weighted by Crippen LogP contribution is 1.83. The number of aromatic nitrogens is 2. The second kappa shape index (κ2) is 4.91. The van der Waals surface area contributed by atoms with Crippen LogP contribution in [0.25, 0.3) is 0 Å². The van der Waals surface area contributed by atoms with Crippen LogP contribution >= 0.6 is 0 Å². The molecular formula is C4H6N4O3. The molecule has 0 aliphatic heterocycles. The van der Waals surface area contributed by atoms with Crippen molar-refractivity contribution in [3.63, 3.8) is 0 Å². The molecule has 3 N–H and O–H groups in total. The van der Waals surface area contributed by atoms with Crippen LogP contribution in [0.1, 0.15) is 0 Å². The molecule has 0 amide bonds. The first kappa shape index (κ1) is 9.08. The predicted octanol–water partition coefficient (Wildman–Crippen LogP) is -0.761. The third-order valence-electron chi connectivity index (χ3n) is 0.631. The molecule has 11 heavy (non-hydrogen) atoms. The molecule has 7 heteroatoms. The molecule has 0 atom stereocenters. The quantitative estimate of drug-likeness (QED) is 0.393. The lowest BCUT2D eigenvalue weighted by Crippen LogP contribution is -2.07. The summed E-state index contributed by atoms with van der Waals surface area (Å²) in [7, 11) is 0. The van der Waals surface area contributed by atoms with Crippen molar-refractivity contribution in [3.8, 4) is 0 Å². The van der Waals surface area contributed by atoms with Crippen molar-refractivity contribution in [1.82, 2.24) is 5.10 Å². The Balaban J connectivity index is 0.000000218. The van der Waals surface area contributed by atoms with Crippen LogP contribution in [-0.4, -0.2) is 10.2 Å². The van der Waals surface area contributed by atoms with Crippen LogP contribution < -0.4 is 10.8 Å². The molecule has 1 rings (SSSR count). The minimum Gasteiger partial charge on any atom is -0.379 e. The molecule has 0 aromatic carbocycles. The molecule has 60 valence electrons. The van der Waals surface area contributed by atoms with Gasteiger partial charge in [-0.25, -0.2) is 0 Å². The van der Waals surface area contributed by atoms with Crippen LogP contribution in [0.4, 0.5) is 5.82 Å². The summed E-state index contributed by atoms with van der Waals surface area (Å²) in [6.07, 6.45) is 1.70.